The van der Waals surface area contributed by atoms with E-state index < -0.39 is 5.97 Å². The summed E-state index contributed by atoms with van der Waals surface area (Å²) >= 11 is 0. The van der Waals surface area contributed by atoms with Gasteiger partial charge in [0, 0.05) is 17.0 Å². The van der Waals surface area contributed by atoms with Gasteiger partial charge in [0.2, 0.25) is 0 Å². The number of rotatable bonds is 3. The highest BCUT2D eigenvalue weighted by Gasteiger charge is 2.24. The molecule has 1 heterocycles. The maximum absolute atomic E-state index is 12.0. The fraction of sp³-hybridized carbons (Fsp3) is 0.308. The Kier molecular flexibility index (Phi) is 2.70. The number of ether oxygens (including phenoxy) is 1. The minimum atomic E-state index is -0.522. The smallest absolute Gasteiger partial charge is 0.359 e. The monoisotopic (exact) mass is 259 g/mol. The quantitative estimate of drug-likeness (QED) is 0.812. The zero-order chi connectivity index (χ0) is 13.4. The summed E-state index contributed by atoms with van der Waals surface area (Å²) in [6, 6.07) is 5.39. The van der Waals surface area contributed by atoms with Crippen molar-refractivity contribution in [1.82, 2.24) is 15.5 Å². The van der Waals surface area contributed by atoms with Crippen LogP contribution in [0.15, 0.2) is 18.2 Å². The number of nitrogens with zero attached hydrogens (tertiary/aromatic N) is 1. The number of fused-ring (bicyclic) bond motifs is 1. The Balaban J connectivity index is 1.98. The van der Waals surface area contributed by atoms with Gasteiger partial charge in [-0.05, 0) is 31.0 Å². The molecule has 1 fully saturated rings. The van der Waals surface area contributed by atoms with Gasteiger partial charge < -0.3 is 10.1 Å². The Morgan fingerprint density at radius 1 is 1.42 bits per heavy atom. The molecule has 0 atom stereocenters. The van der Waals surface area contributed by atoms with Crippen molar-refractivity contribution in [3.63, 3.8) is 0 Å². The molecule has 0 unspecified atom stereocenters. The van der Waals surface area contributed by atoms with Crippen LogP contribution in [0.2, 0.25) is 0 Å². The molecule has 1 aliphatic rings. The third kappa shape index (κ3) is 2.16. The number of benzene rings is 1. The Bertz CT molecular complexity index is 658. The van der Waals surface area contributed by atoms with E-state index in [1.165, 1.54) is 7.11 Å². The van der Waals surface area contributed by atoms with Crippen molar-refractivity contribution in [1.29, 1.82) is 0 Å². The first-order valence-electron chi connectivity index (χ1n) is 6.06. The van der Waals surface area contributed by atoms with Crippen molar-refractivity contribution < 1.29 is 14.3 Å². The summed E-state index contributed by atoms with van der Waals surface area (Å²) in [6.45, 7) is 0. The number of H-pyrrole nitrogens is 1. The minimum absolute atomic E-state index is 0.124. The Hall–Kier alpha value is -2.37. The first-order valence-corrected chi connectivity index (χ1v) is 6.06. The number of methoxy groups -OCH3 is 1. The van der Waals surface area contributed by atoms with Crippen molar-refractivity contribution in [2.75, 3.05) is 7.11 Å². The number of esters is 1. The molecule has 0 spiro atoms. The lowest BCUT2D eigenvalue weighted by molar-refractivity contribution is 0.0596. The van der Waals surface area contributed by atoms with E-state index in [-0.39, 0.29) is 11.6 Å². The molecule has 0 bridgehead atoms. The number of carbonyl (C=O) groups excluding carboxylic acids is 2. The fourth-order valence-electron chi connectivity index (χ4n) is 1.90. The lowest BCUT2D eigenvalue weighted by Gasteiger charge is -2.03. The van der Waals surface area contributed by atoms with Crippen LogP contribution in [0.3, 0.4) is 0 Å². The molecule has 2 aromatic rings. The number of hydrogen-bond donors (Lipinski definition) is 2. The molecule has 2 N–H and O–H groups in total. The molecule has 6 heteroatoms. The molecule has 3 rings (SSSR count). The second-order valence-corrected chi connectivity index (χ2v) is 4.57. The number of aromatic amines is 1. The molecule has 1 aromatic carbocycles. The molecule has 0 saturated heterocycles. The van der Waals surface area contributed by atoms with Gasteiger partial charge >= 0.3 is 5.97 Å². The van der Waals surface area contributed by atoms with E-state index in [1.807, 2.05) is 0 Å². The number of hydrogen-bond acceptors (Lipinski definition) is 4. The van der Waals surface area contributed by atoms with Gasteiger partial charge in [0.25, 0.3) is 5.91 Å². The van der Waals surface area contributed by atoms with E-state index in [4.69, 9.17) is 0 Å². The van der Waals surface area contributed by atoms with E-state index in [1.54, 1.807) is 18.2 Å². The number of nitrogens with one attached hydrogen (secondary N) is 2. The molecule has 1 aliphatic carbocycles. The van der Waals surface area contributed by atoms with Gasteiger partial charge in [0.15, 0.2) is 5.69 Å². The van der Waals surface area contributed by atoms with Crippen LogP contribution < -0.4 is 5.32 Å². The summed E-state index contributed by atoms with van der Waals surface area (Å²) in [5, 5.41) is 10.1. The zero-order valence-electron chi connectivity index (χ0n) is 10.4. The summed E-state index contributed by atoms with van der Waals surface area (Å²) in [5.74, 6) is -0.646. The summed E-state index contributed by atoms with van der Waals surface area (Å²) in [7, 11) is 1.30. The van der Waals surface area contributed by atoms with Gasteiger partial charge in [-0.1, -0.05) is 0 Å². The molecular weight excluding hydrogens is 246 g/mol. The predicted octanol–water partition coefficient (Wildman–Crippen LogP) is 1.24. The van der Waals surface area contributed by atoms with Gasteiger partial charge in [-0.3, -0.25) is 9.89 Å². The fourth-order valence-corrected chi connectivity index (χ4v) is 1.90. The van der Waals surface area contributed by atoms with E-state index in [0.717, 1.165) is 12.8 Å². The van der Waals surface area contributed by atoms with Crippen molar-refractivity contribution >= 4 is 22.8 Å². The van der Waals surface area contributed by atoms with Crippen LogP contribution in [0.1, 0.15) is 33.7 Å². The second kappa shape index (κ2) is 4.38. The Morgan fingerprint density at radius 3 is 2.89 bits per heavy atom. The highest BCUT2D eigenvalue weighted by atomic mass is 16.5. The van der Waals surface area contributed by atoms with Crippen LogP contribution in [-0.2, 0) is 4.74 Å². The van der Waals surface area contributed by atoms with Crippen LogP contribution in [0.25, 0.3) is 10.9 Å². The van der Waals surface area contributed by atoms with Gasteiger partial charge in [-0.15, -0.1) is 0 Å². The first kappa shape index (κ1) is 11.7. The topological polar surface area (TPSA) is 84.1 Å². The molecule has 1 saturated carbocycles. The predicted molar refractivity (Wildman–Crippen MR) is 67.9 cm³/mol. The summed E-state index contributed by atoms with van der Waals surface area (Å²) in [6.07, 6.45) is 2.07. The molecule has 0 radical (unpaired) electrons. The average Bonchev–Trinajstić information content (AvgIpc) is 3.14. The molecule has 19 heavy (non-hydrogen) atoms. The average molecular weight is 259 g/mol. The van der Waals surface area contributed by atoms with E-state index >= 15 is 0 Å². The molecule has 98 valence electrons. The van der Waals surface area contributed by atoms with E-state index in [9.17, 15) is 9.59 Å². The highest BCUT2D eigenvalue weighted by molar-refractivity contribution is 6.05. The molecule has 6 nitrogen and oxygen atoms in total. The maximum atomic E-state index is 12.0. The Morgan fingerprint density at radius 2 is 2.21 bits per heavy atom. The van der Waals surface area contributed by atoms with Crippen molar-refractivity contribution in [2.24, 2.45) is 0 Å². The van der Waals surface area contributed by atoms with Crippen molar-refractivity contribution in [2.45, 2.75) is 18.9 Å². The van der Waals surface area contributed by atoms with Crippen LogP contribution in [-0.4, -0.2) is 35.2 Å². The van der Waals surface area contributed by atoms with Gasteiger partial charge in [0.1, 0.15) is 0 Å². The van der Waals surface area contributed by atoms with E-state index in [2.05, 4.69) is 20.3 Å². The molecule has 1 aromatic heterocycles. The lowest BCUT2D eigenvalue weighted by atomic mass is 10.1. The minimum Gasteiger partial charge on any atom is -0.464 e. The van der Waals surface area contributed by atoms with Crippen molar-refractivity contribution in [3.8, 4) is 0 Å². The number of amides is 1. The standard InChI is InChI=1S/C13H13N3O3/c1-19-13(18)11-9-6-7(2-5-10(9)15-16-11)12(17)14-8-3-4-8/h2,5-6,8H,3-4H2,1H3,(H,14,17)(H,15,16). The third-order valence-corrected chi connectivity index (χ3v) is 3.12. The van der Waals surface area contributed by atoms with Crippen LogP contribution >= 0.6 is 0 Å². The number of aromatic nitrogens is 2. The summed E-state index contributed by atoms with van der Waals surface area (Å²) in [5.41, 5.74) is 1.41. The normalized spacial score (nSPS) is 14.4. The third-order valence-electron chi connectivity index (χ3n) is 3.12. The summed E-state index contributed by atoms with van der Waals surface area (Å²) in [4.78, 5) is 23.5. The van der Waals surface area contributed by atoms with Gasteiger partial charge in [-0.2, -0.15) is 5.10 Å². The first-order chi connectivity index (χ1) is 9.19. The van der Waals surface area contributed by atoms with Gasteiger partial charge in [-0.25, -0.2) is 4.79 Å². The number of carbonyl (C=O) groups is 2. The molecule has 1 amide bonds. The largest absolute Gasteiger partial charge is 0.464 e. The zero-order valence-corrected chi connectivity index (χ0v) is 10.4. The summed E-state index contributed by atoms with van der Waals surface area (Å²) < 4.78 is 4.66. The highest BCUT2D eigenvalue weighted by Crippen LogP contribution is 2.21. The van der Waals surface area contributed by atoms with E-state index in [0.29, 0.717) is 22.5 Å². The van der Waals surface area contributed by atoms with Crippen LogP contribution in [0.4, 0.5) is 0 Å². The SMILES string of the molecule is COC(=O)c1n[nH]c2ccc(C(=O)NC3CC3)cc12. The van der Waals surface area contributed by atoms with Crippen LogP contribution in [0, 0.1) is 0 Å². The molecular formula is C13H13N3O3. The maximum Gasteiger partial charge on any atom is 0.359 e. The molecule has 0 aliphatic heterocycles. The van der Waals surface area contributed by atoms with Gasteiger partial charge in [0.05, 0.1) is 12.6 Å². The van der Waals surface area contributed by atoms with Crippen molar-refractivity contribution in [3.05, 3.63) is 29.5 Å². The van der Waals surface area contributed by atoms with Crippen LogP contribution in [0.5, 0.6) is 0 Å². The Labute approximate surface area is 109 Å². The second-order valence-electron chi connectivity index (χ2n) is 4.57. The lowest BCUT2D eigenvalue weighted by Crippen LogP contribution is -2.25.